The summed E-state index contributed by atoms with van der Waals surface area (Å²) < 4.78 is 38.7. The van der Waals surface area contributed by atoms with E-state index in [1.165, 1.54) is 7.11 Å². The topological polar surface area (TPSA) is 199 Å². The molecule has 0 spiro atoms. The van der Waals surface area contributed by atoms with E-state index in [2.05, 4.69) is 10.1 Å². The van der Waals surface area contributed by atoms with Gasteiger partial charge in [-0.3, -0.25) is 18.0 Å². The molecule has 0 aliphatic rings. The van der Waals surface area contributed by atoms with Gasteiger partial charge in [0, 0.05) is 16.8 Å². The monoisotopic (exact) mass is 390 g/mol. The molecule has 12 heteroatoms. The summed E-state index contributed by atoms with van der Waals surface area (Å²) >= 11 is 0. The van der Waals surface area contributed by atoms with E-state index in [1.807, 2.05) is 18.2 Å². The number of hydrogen-bond acceptors (Lipinski definition) is 9. The summed E-state index contributed by atoms with van der Waals surface area (Å²) in [7, 11) is -3.95. The van der Waals surface area contributed by atoms with Crippen molar-refractivity contribution < 1.29 is 41.8 Å². The maximum absolute atomic E-state index is 11.8. The minimum absolute atomic E-state index is 0.235. The summed E-state index contributed by atoms with van der Waals surface area (Å²) in [6.45, 7) is 0. The number of methoxy groups -OCH3 is 1. The molecule has 0 radical (unpaired) electrons. The molecule has 0 aromatic heterocycles. The third-order valence-corrected chi connectivity index (χ3v) is 2.82. The predicted molar refractivity (Wildman–Crippen MR) is 84.8 cm³/mol. The summed E-state index contributed by atoms with van der Waals surface area (Å²) in [4.78, 5) is 34.0. The Morgan fingerprint density at radius 1 is 1.23 bits per heavy atom. The van der Waals surface area contributed by atoms with Crippen molar-refractivity contribution in [2.45, 2.75) is 24.9 Å². The van der Waals surface area contributed by atoms with Crippen LogP contribution in [0.1, 0.15) is 12.0 Å². The van der Waals surface area contributed by atoms with E-state index in [9.17, 15) is 14.4 Å². The molecule has 0 saturated heterocycles. The molecule has 0 saturated carbocycles. The van der Waals surface area contributed by atoms with Gasteiger partial charge in [0.2, 0.25) is 5.91 Å². The minimum atomic E-state index is -5.17. The van der Waals surface area contributed by atoms with Crippen LogP contribution in [0, 0.1) is 0 Å². The van der Waals surface area contributed by atoms with Crippen LogP contribution in [0.25, 0.3) is 0 Å². The molecule has 11 nitrogen and oxygen atoms in total. The third-order valence-electron chi connectivity index (χ3n) is 2.82. The van der Waals surface area contributed by atoms with Crippen molar-refractivity contribution in [1.29, 1.82) is 0 Å². The Balaban J connectivity index is 0.00000110. The van der Waals surface area contributed by atoms with Gasteiger partial charge in [-0.2, -0.15) is 0 Å². The van der Waals surface area contributed by atoms with Crippen molar-refractivity contribution in [1.82, 2.24) is 5.32 Å². The van der Waals surface area contributed by atoms with Crippen LogP contribution in [0.2, 0.25) is 0 Å². The lowest BCUT2D eigenvalue weighted by molar-refractivity contribution is -0.145. The Hall–Kier alpha value is -2.54. The van der Waals surface area contributed by atoms with Gasteiger partial charge in [0.05, 0.1) is 19.6 Å². The fourth-order valence-corrected chi connectivity index (χ4v) is 1.74. The lowest BCUT2D eigenvalue weighted by Gasteiger charge is -2.18. The number of carbonyl (C=O) groups excluding carboxylic acids is 2. The quantitative estimate of drug-likeness (QED) is 0.275. The van der Waals surface area contributed by atoms with Gasteiger partial charge in [0.1, 0.15) is 6.04 Å². The van der Waals surface area contributed by atoms with Crippen LogP contribution < -0.4 is 11.1 Å². The Morgan fingerprint density at radius 2 is 1.73 bits per heavy atom. The average Bonchev–Trinajstić information content (AvgIpc) is 2.52. The molecular formula is C14H18N2O9S-2. The molecule has 0 aliphatic heterocycles. The molecule has 1 rings (SSSR count). The van der Waals surface area contributed by atoms with Crippen molar-refractivity contribution in [2.24, 2.45) is 5.73 Å². The molecule has 1 aromatic rings. The van der Waals surface area contributed by atoms with Crippen molar-refractivity contribution in [2.75, 3.05) is 7.11 Å². The Bertz CT molecular complexity index is 698. The molecule has 0 heterocycles. The van der Waals surface area contributed by atoms with Crippen LogP contribution in [-0.4, -0.2) is 59.7 Å². The first-order valence-corrected chi connectivity index (χ1v) is 8.33. The standard InChI is InChI=1S/C14H18N2O5.H2O4S/c1-21-14(20)11(7-9-5-3-2-4-6-9)16-13(19)10(15)8-12(17)18;1-5(2,3)4/h2-6,10-11H,7-8,15H2,1H3,(H,16,19)(H,17,18);(H2,1,2,3,4)/p-2/t10-,11-;/m0./s1. The summed E-state index contributed by atoms with van der Waals surface area (Å²) in [6, 6.07) is 6.93. The van der Waals surface area contributed by atoms with Crippen LogP contribution in [0.3, 0.4) is 0 Å². The lowest BCUT2D eigenvalue weighted by Crippen LogP contribution is -2.50. The maximum atomic E-state index is 11.8. The molecule has 0 unspecified atom stereocenters. The first-order chi connectivity index (χ1) is 11.9. The zero-order chi connectivity index (χ0) is 20.3. The first kappa shape index (κ1) is 23.5. The largest absolute Gasteiger partial charge is 0.759 e. The number of carbonyl (C=O) groups is 3. The molecule has 4 N–H and O–H groups in total. The number of ether oxygens (including phenoxy) is 1. The molecule has 0 bridgehead atoms. The number of nitrogens with two attached hydrogens (primary N) is 1. The Kier molecular flexibility index (Phi) is 10.1. The number of carboxylic acids is 1. The van der Waals surface area contributed by atoms with E-state index in [-0.39, 0.29) is 6.42 Å². The second-order valence-electron chi connectivity index (χ2n) is 4.89. The van der Waals surface area contributed by atoms with Crippen LogP contribution >= 0.6 is 0 Å². The highest BCUT2D eigenvalue weighted by Crippen LogP contribution is 2.05. The molecule has 146 valence electrons. The first-order valence-electron chi connectivity index (χ1n) is 7.00. The van der Waals surface area contributed by atoms with Gasteiger partial charge < -0.3 is 30.0 Å². The molecule has 26 heavy (non-hydrogen) atoms. The molecule has 1 aromatic carbocycles. The molecule has 0 fully saturated rings. The van der Waals surface area contributed by atoms with Gasteiger partial charge in [0.25, 0.3) is 0 Å². The number of nitrogens with one attached hydrogen (secondary N) is 1. The fourth-order valence-electron chi connectivity index (χ4n) is 1.74. The number of aliphatic carboxylic acids is 1. The number of amides is 1. The second-order valence-corrected chi connectivity index (χ2v) is 5.70. The van der Waals surface area contributed by atoms with Crippen LogP contribution in [0.15, 0.2) is 30.3 Å². The number of hydrogen-bond donors (Lipinski definition) is 3. The summed E-state index contributed by atoms with van der Waals surface area (Å²) in [5, 5.41) is 11.0. The van der Waals surface area contributed by atoms with Crippen LogP contribution in [0.5, 0.6) is 0 Å². The molecular weight excluding hydrogens is 372 g/mol. The zero-order valence-corrected chi connectivity index (χ0v) is 14.5. The highest BCUT2D eigenvalue weighted by molar-refractivity contribution is 7.79. The smallest absolute Gasteiger partial charge is 0.328 e. The Morgan fingerprint density at radius 3 is 2.15 bits per heavy atom. The van der Waals surface area contributed by atoms with E-state index >= 15 is 0 Å². The van der Waals surface area contributed by atoms with Gasteiger partial charge in [-0.1, -0.05) is 30.3 Å². The van der Waals surface area contributed by atoms with E-state index in [1.54, 1.807) is 12.1 Å². The number of rotatable bonds is 7. The molecule has 1 amide bonds. The van der Waals surface area contributed by atoms with Crippen LogP contribution in [0.4, 0.5) is 0 Å². The van der Waals surface area contributed by atoms with E-state index in [0.717, 1.165) is 5.56 Å². The van der Waals surface area contributed by atoms with Crippen LogP contribution in [-0.2, 0) is 35.9 Å². The van der Waals surface area contributed by atoms with Crippen molar-refractivity contribution in [3.05, 3.63) is 35.9 Å². The normalized spacial score (nSPS) is 12.8. The lowest BCUT2D eigenvalue weighted by atomic mass is 10.1. The molecule has 0 aliphatic carbocycles. The second kappa shape index (κ2) is 11.1. The average molecular weight is 390 g/mol. The predicted octanol–water partition coefficient (Wildman–Crippen LogP) is -1.65. The number of carboxylic acid groups (broad SMARTS) is 1. The summed E-state index contributed by atoms with van der Waals surface area (Å²) in [6.07, 6.45) is -0.274. The van der Waals surface area contributed by atoms with E-state index in [4.69, 9.17) is 28.4 Å². The van der Waals surface area contributed by atoms with Crippen molar-refractivity contribution in [3.63, 3.8) is 0 Å². The van der Waals surface area contributed by atoms with Gasteiger partial charge in [0.15, 0.2) is 0 Å². The van der Waals surface area contributed by atoms with Crippen molar-refractivity contribution in [3.8, 4) is 0 Å². The van der Waals surface area contributed by atoms with E-state index < -0.39 is 46.7 Å². The van der Waals surface area contributed by atoms with Gasteiger partial charge in [-0.15, -0.1) is 0 Å². The van der Waals surface area contributed by atoms with Gasteiger partial charge >= 0.3 is 11.9 Å². The van der Waals surface area contributed by atoms with Gasteiger partial charge in [-0.05, 0) is 5.56 Å². The summed E-state index contributed by atoms with van der Waals surface area (Å²) in [5.41, 5.74) is 6.29. The Labute approximate surface area is 149 Å². The SMILES string of the molecule is COC(=O)[C@H](Cc1ccccc1)NC(=O)[C@@H](N)CC(=O)O.O=S(=O)([O-])[O-]. The van der Waals surface area contributed by atoms with E-state index in [0.29, 0.717) is 0 Å². The fraction of sp³-hybridized carbons (Fsp3) is 0.357. The minimum Gasteiger partial charge on any atom is -0.759 e. The highest BCUT2D eigenvalue weighted by Gasteiger charge is 2.25. The van der Waals surface area contributed by atoms with Gasteiger partial charge in [-0.25, -0.2) is 4.79 Å². The van der Waals surface area contributed by atoms with Crippen molar-refractivity contribution >= 4 is 28.2 Å². The number of esters is 1. The third kappa shape index (κ3) is 11.9. The molecule has 2 atom stereocenters. The highest BCUT2D eigenvalue weighted by atomic mass is 32.3. The zero-order valence-electron chi connectivity index (χ0n) is 13.7. The number of benzene rings is 1. The maximum Gasteiger partial charge on any atom is 0.328 e. The summed E-state index contributed by atoms with van der Waals surface area (Å²) in [5.74, 6) is -2.51.